The Morgan fingerprint density at radius 2 is 2.00 bits per heavy atom. The Labute approximate surface area is 99.3 Å². The monoisotopic (exact) mass is 224 g/mol. The molecular formula is C13H12N4. The van der Waals surface area contributed by atoms with Crippen LogP contribution in [0, 0.1) is 11.3 Å². The van der Waals surface area contributed by atoms with Gasteiger partial charge in [-0.1, -0.05) is 0 Å². The lowest BCUT2D eigenvalue weighted by atomic mass is 10.2. The zero-order valence-corrected chi connectivity index (χ0v) is 9.35. The minimum Gasteiger partial charge on any atom is -0.383 e. The second kappa shape index (κ2) is 3.63. The average Bonchev–Trinajstić information content (AvgIpc) is 2.93. The zero-order chi connectivity index (χ0) is 11.8. The third-order valence-electron chi connectivity index (χ3n) is 3.19. The number of rotatable bonds is 1. The molecule has 1 heterocycles. The zero-order valence-electron chi connectivity index (χ0n) is 9.35. The third-order valence-corrected chi connectivity index (χ3v) is 3.19. The Morgan fingerprint density at radius 1 is 1.24 bits per heavy atom. The molecule has 0 atom stereocenters. The van der Waals surface area contributed by atoms with Crippen LogP contribution < -0.4 is 5.73 Å². The molecule has 1 aliphatic carbocycles. The van der Waals surface area contributed by atoms with Gasteiger partial charge in [0.1, 0.15) is 5.82 Å². The molecule has 2 aromatic rings. The van der Waals surface area contributed by atoms with E-state index < -0.39 is 0 Å². The topological polar surface area (TPSA) is 67.6 Å². The fraction of sp³-hybridized carbons (Fsp3) is 0.231. The van der Waals surface area contributed by atoms with Crippen LogP contribution in [-0.4, -0.2) is 9.78 Å². The first kappa shape index (κ1) is 9.91. The number of nitriles is 1. The second-order valence-electron chi connectivity index (χ2n) is 4.23. The fourth-order valence-electron chi connectivity index (χ4n) is 2.29. The van der Waals surface area contributed by atoms with Crippen molar-refractivity contribution in [3.8, 4) is 11.8 Å². The number of benzene rings is 1. The lowest BCUT2D eigenvalue weighted by molar-refractivity contribution is 0.808. The molecule has 1 aromatic heterocycles. The van der Waals surface area contributed by atoms with E-state index in [9.17, 15) is 0 Å². The molecule has 17 heavy (non-hydrogen) atoms. The maximum atomic E-state index is 8.75. The van der Waals surface area contributed by atoms with Gasteiger partial charge in [-0.25, -0.2) is 4.68 Å². The summed E-state index contributed by atoms with van der Waals surface area (Å²) in [4.78, 5) is 0. The van der Waals surface area contributed by atoms with Gasteiger partial charge in [-0.3, -0.25) is 0 Å². The molecule has 4 nitrogen and oxygen atoms in total. The molecule has 0 spiro atoms. The van der Waals surface area contributed by atoms with Crippen LogP contribution in [0.1, 0.15) is 23.2 Å². The average molecular weight is 224 g/mol. The predicted molar refractivity (Wildman–Crippen MR) is 64.7 cm³/mol. The van der Waals surface area contributed by atoms with E-state index >= 15 is 0 Å². The predicted octanol–water partition coefficient (Wildman–Crippen LogP) is 1.81. The maximum Gasteiger partial charge on any atom is 0.130 e. The van der Waals surface area contributed by atoms with Crippen molar-refractivity contribution in [2.45, 2.75) is 19.3 Å². The van der Waals surface area contributed by atoms with Crippen molar-refractivity contribution < 1.29 is 0 Å². The highest BCUT2D eigenvalue weighted by atomic mass is 15.3. The van der Waals surface area contributed by atoms with Crippen LogP contribution in [0.4, 0.5) is 5.82 Å². The van der Waals surface area contributed by atoms with E-state index in [1.165, 1.54) is 5.56 Å². The van der Waals surface area contributed by atoms with Crippen molar-refractivity contribution in [3.63, 3.8) is 0 Å². The number of fused-ring (bicyclic) bond motifs is 1. The van der Waals surface area contributed by atoms with Crippen LogP contribution in [0.3, 0.4) is 0 Å². The van der Waals surface area contributed by atoms with Gasteiger partial charge in [-0.05, 0) is 43.5 Å². The van der Waals surface area contributed by atoms with E-state index in [1.807, 2.05) is 12.1 Å². The molecule has 3 rings (SSSR count). The van der Waals surface area contributed by atoms with Gasteiger partial charge in [0, 0.05) is 5.56 Å². The number of aryl methyl sites for hydroxylation is 1. The van der Waals surface area contributed by atoms with Crippen molar-refractivity contribution in [1.29, 1.82) is 5.26 Å². The summed E-state index contributed by atoms with van der Waals surface area (Å²) in [5, 5.41) is 13.3. The van der Waals surface area contributed by atoms with Gasteiger partial charge in [0.25, 0.3) is 0 Å². The Balaban J connectivity index is 2.07. The molecule has 0 amide bonds. The molecule has 2 N–H and O–H groups in total. The number of anilines is 1. The van der Waals surface area contributed by atoms with Gasteiger partial charge in [0.05, 0.1) is 23.0 Å². The molecule has 0 unspecified atom stereocenters. The molecule has 4 heteroatoms. The molecule has 0 aliphatic heterocycles. The summed E-state index contributed by atoms with van der Waals surface area (Å²) in [5.41, 5.74) is 9.96. The van der Waals surface area contributed by atoms with Gasteiger partial charge in [0.2, 0.25) is 0 Å². The number of aromatic nitrogens is 2. The largest absolute Gasteiger partial charge is 0.383 e. The normalized spacial score (nSPS) is 13.4. The first-order chi connectivity index (χ1) is 8.29. The highest BCUT2D eigenvalue weighted by Gasteiger charge is 2.20. The summed E-state index contributed by atoms with van der Waals surface area (Å²) in [6.45, 7) is 0. The number of nitrogens with zero attached hydrogens (tertiary/aromatic N) is 3. The van der Waals surface area contributed by atoms with Gasteiger partial charge < -0.3 is 5.73 Å². The molecular weight excluding hydrogens is 212 g/mol. The lowest BCUT2D eigenvalue weighted by Gasteiger charge is -2.05. The summed E-state index contributed by atoms with van der Waals surface area (Å²) in [6, 6.07) is 9.40. The smallest absolute Gasteiger partial charge is 0.130 e. The third kappa shape index (κ3) is 1.48. The van der Waals surface area contributed by atoms with Crippen molar-refractivity contribution in [1.82, 2.24) is 9.78 Å². The van der Waals surface area contributed by atoms with Gasteiger partial charge in [-0.15, -0.1) is 0 Å². The molecule has 0 fully saturated rings. The van der Waals surface area contributed by atoms with E-state index in [1.54, 1.807) is 16.8 Å². The Bertz CT molecular complexity index is 602. The SMILES string of the molecule is N#Cc1ccc(-n2nc3c(c2N)CCC3)cc1. The minimum atomic E-state index is 0.645. The molecule has 1 aromatic carbocycles. The first-order valence-electron chi connectivity index (χ1n) is 5.66. The van der Waals surface area contributed by atoms with Crippen LogP contribution in [0.15, 0.2) is 24.3 Å². The van der Waals surface area contributed by atoms with Crippen molar-refractivity contribution in [2.75, 3.05) is 5.73 Å². The van der Waals surface area contributed by atoms with Crippen molar-refractivity contribution >= 4 is 5.82 Å². The number of nitrogen functional groups attached to an aromatic ring is 1. The van der Waals surface area contributed by atoms with Gasteiger partial charge in [-0.2, -0.15) is 10.4 Å². The number of hydrogen-bond acceptors (Lipinski definition) is 3. The molecule has 0 saturated heterocycles. The van der Waals surface area contributed by atoms with Crippen LogP contribution >= 0.6 is 0 Å². The summed E-state index contributed by atoms with van der Waals surface area (Å²) < 4.78 is 1.77. The summed E-state index contributed by atoms with van der Waals surface area (Å²) in [6.07, 6.45) is 3.19. The van der Waals surface area contributed by atoms with Crippen molar-refractivity contribution in [2.24, 2.45) is 0 Å². The Hall–Kier alpha value is -2.28. The molecule has 84 valence electrons. The van der Waals surface area contributed by atoms with E-state index in [-0.39, 0.29) is 0 Å². The van der Waals surface area contributed by atoms with E-state index in [4.69, 9.17) is 11.0 Å². The quantitative estimate of drug-likeness (QED) is 0.803. The summed E-state index contributed by atoms with van der Waals surface area (Å²) >= 11 is 0. The molecule has 1 aliphatic rings. The molecule has 0 bridgehead atoms. The number of nitrogens with two attached hydrogens (primary N) is 1. The first-order valence-corrected chi connectivity index (χ1v) is 5.66. The molecule has 0 saturated carbocycles. The van der Waals surface area contributed by atoms with Crippen LogP contribution in [0.2, 0.25) is 0 Å². The van der Waals surface area contributed by atoms with E-state index in [0.29, 0.717) is 5.56 Å². The minimum absolute atomic E-state index is 0.645. The Morgan fingerprint density at radius 3 is 2.65 bits per heavy atom. The number of hydrogen-bond donors (Lipinski definition) is 1. The van der Waals surface area contributed by atoms with E-state index in [2.05, 4.69) is 11.2 Å². The maximum absolute atomic E-state index is 8.75. The van der Waals surface area contributed by atoms with Crippen LogP contribution in [-0.2, 0) is 12.8 Å². The fourth-order valence-corrected chi connectivity index (χ4v) is 2.29. The summed E-state index contributed by atoms with van der Waals surface area (Å²) in [5.74, 6) is 0.738. The Kier molecular flexibility index (Phi) is 2.12. The van der Waals surface area contributed by atoms with E-state index in [0.717, 1.165) is 36.5 Å². The van der Waals surface area contributed by atoms with Gasteiger partial charge in [0.15, 0.2) is 0 Å². The second-order valence-corrected chi connectivity index (χ2v) is 4.23. The van der Waals surface area contributed by atoms with Crippen LogP contribution in [0.25, 0.3) is 5.69 Å². The standard InChI is InChI=1S/C13H12N4/c14-8-9-4-6-10(7-5-9)17-13(15)11-2-1-3-12(11)16-17/h4-7H,1-3,15H2. The van der Waals surface area contributed by atoms with Crippen LogP contribution in [0.5, 0.6) is 0 Å². The lowest BCUT2D eigenvalue weighted by Crippen LogP contribution is -2.03. The van der Waals surface area contributed by atoms with Crippen molar-refractivity contribution in [3.05, 3.63) is 41.1 Å². The summed E-state index contributed by atoms with van der Waals surface area (Å²) in [7, 11) is 0. The highest BCUT2D eigenvalue weighted by Crippen LogP contribution is 2.28. The van der Waals surface area contributed by atoms with Gasteiger partial charge >= 0.3 is 0 Å². The highest BCUT2D eigenvalue weighted by molar-refractivity contribution is 5.52. The molecule has 0 radical (unpaired) electrons.